The van der Waals surface area contributed by atoms with Gasteiger partial charge in [0.15, 0.2) is 4.80 Å². The molecule has 0 unspecified atom stereocenters. The van der Waals surface area contributed by atoms with Crippen molar-refractivity contribution in [2.75, 3.05) is 0 Å². The highest BCUT2D eigenvalue weighted by Crippen LogP contribution is 2.20. The van der Waals surface area contributed by atoms with Gasteiger partial charge in [-0.3, -0.25) is 14.9 Å². The smallest absolute Gasteiger partial charge is 0.279 e. The molecular weight excluding hydrogens is 314 g/mol. The van der Waals surface area contributed by atoms with E-state index < -0.39 is 10.8 Å². The second-order valence-electron chi connectivity index (χ2n) is 5.09. The number of nitrogens with zero attached hydrogens (tertiary/aromatic N) is 3. The van der Waals surface area contributed by atoms with Crippen molar-refractivity contribution in [1.29, 1.82) is 0 Å². The molecule has 0 bridgehead atoms. The number of nitro groups is 1. The van der Waals surface area contributed by atoms with Crippen LogP contribution in [0.25, 0.3) is 10.2 Å². The summed E-state index contributed by atoms with van der Waals surface area (Å²) in [7, 11) is 1.84. The Hall–Kier alpha value is -2.80. The number of benzene rings is 2. The minimum Gasteiger partial charge on any atom is -0.319 e. The van der Waals surface area contributed by atoms with E-state index in [0.29, 0.717) is 10.4 Å². The molecule has 0 aliphatic carbocycles. The molecule has 0 aliphatic heterocycles. The predicted octanol–water partition coefficient (Wildman–Crippen LogP) is 3.20. The Kier molecular flexibility index (Phi) is 3.79. The molecule has 1 heterocycles. The fourth-order valence-corrected chi connectivity index (χ4v) is 3.30. The predicted molar refractivity (Wildman–Crippen MR) is 88.5 cm³/mol. The van der Waals surface area contributed by atoms with E-state index in [2.05, 4.69) is 4.99 Å². The Labute approximate surface area is 135 Å². The second-order valence-corrected chi connectivity index (χ2v) is 6.10. The molecule has 3 rings (SSSR count). The monoisotopic (exact) mass is 327 g/mol. The molecule has 3 aromatic rings. The zero-order valence-corrected chi connectivity index (χ0v) is 13.3. The van der Waals surface area contributed by atoms with Crippen LogP contribution in [0.3, 0.4) is 0 Å². The van der Waals surface area contributed by atoms with Gasteiger partial charge < -0.3 is 4.57 Å². The van der Waals surface area contributed by atoms with Crippen molar-refractivity contribution in [3.05, 3.63) is 68.5 Å². The summed E-state index contributed by atoms with van der Waals surface area (Å²) in [6.07, 6.45) is 0. The molecule has 116 valence electrons. The summed E-state index contributed by atoms with van der Waals surface area (Å²) < 4.78 is 2.86. The Morgan fingerprint density at radius 1 is 1.26 bits per heavy atom. The van der Waals surface area contributed by atoms with Gasteiger partial charge in [-0.2, -0.15) is 4.99 Å². The van der Waals surface area contributed by atoms with Crippen LogP contribution in [0.4, 0.5) is 5.69 Å². The van der Waals surface area contributed by atoms with Gasteiger partial charge in [0.25, 0.3) is 11.6 Å². The topological polar surface area (TPSA) is 77.5 Å². The fraction of sp³-hybridized carbons (Fsp3) is 0.125. The average molecular weight is 327 g/mol. The number of aromatic nitrogens is 1. The van der Waals surface area contributed by atoms with Crippen molar-refractivity contribution in [3.63, 3.8) is 0 Å². The first-order chi connectivity index (χ1) is 11.0. The number of fused-ring (bicyclic) bond motifs is 1. The molecule has 0 N–H and O–H groups in total. The lowest BCUT2D eigenvalue weighted by Gasteiger charge is -1.99. The lowest BCUT2D eigenvalue weighted by atomic mass is 10.1. The van der Waals surface area contributed by atoms with E-state index in [0.717, 1.165) is 10.2 Å². The number of amides is 1. The number of thiazole rings is 1. The molecule has 0 aliphatic rings. The Morgan fingerprint density at radius 2 is 2.00 bits per heavy atom. The SMILES string of the molecule is Cc1ccc(C(=O)N=c2sc3ccccc3n2C)cc1[N+](=O)[O-]. The van der Waals surface area contributed by atoms with E-state index in [4.69, 9.17) is 0 Å². The number of rotatable bonds is 2. The second kappa shape index (κ2) is 5.77. The van der Waals surface area contributed by atoms with Crippen molar-refractivity contribution in [3.8, 4) is 0 Å². The van der Waals surface area contributed by atoms with Gasteiger partial charge >= 0.3 is 0 Å². The summed E-state index contributed by atoms with van der Waals surface area (Å²) in [5.74, 6) is -0.491. The number of carbonyl (C=O) groups is 1. The first-order valence-corrected chi connectivity index (χ1v) is 7.67. The first kappa shape index (κ1) is 15.1. The van der Waals surface area contributed by atoms with Gasteiger partial charge in [0.2, 0.25) is 0 Å². The van der Waals surface area contributed by atoms with Crippen LogP contribution in [0.15, 0.2) is 47.5 Å². The molecule has 0 radical (unpaired) electrons. The van der Waals surface area contributed by atoms with Crippen LogP contribution in [0.2, 0.25) is 0 Å². The Morgan fingerprint density at radius 3 is 2.70 bits per heavy atom. The van der Waals surface area contributed by atoms with Crippen molar-refractivity contribution in [1.82, 2.24) is 4.57 Å². The highest BCUT2D eigenvalue weighted by molar-refractivity contribution is 7.16. The van der Waals surface area contributed by atoms with Crippen molar-refractivity contribution in [2.45, 2.75) is 6.92 Å². The first-order valence-electron chi connectivity index (χ1n) is 6.86. The number of hydrogen-bond donors (Lipinski definition) is 0. The third kappa shape index (κ3) is 2.78. The Balaban J connectivity index is 2.08. The van der Waals surface area contributed by atoms with E-state index in [9.17, 15) is 14.9 Å². The molecule has 23 heavy (non-hydrogen) atoms. The van der Waals surface area contributed by atoms with Gasteiger partial charge in [-0.05, 0) is 25.1 Å². The molecular formula is C16H13N3O3S. The number of hydrogen-bond acceptors (Lipinski definition) is 4. The third-order valence-corrected chi connectivity index (χ3v) is 4.68. The van der Waals surface area contributed by atoms with Crippen LogP contribution in [-0.4, -0.2) is 15.4 Å². The molecule has 0 atom stereocenters. The molecule has 7 heteroatoms. The van der Waals surface area contributed by atoms with Crippen LogP contribution in [0.1, 0.15) is 15.9 Å². The molecule has 0 spiro atoms. The van der Waals surface area contributed by atoms with Gasteiger partial charge in [0.1, 0.15) is 0 Å². The molecule has 6 nitrogen and oxygen atoms in total. The molecule has 0 saturated heterocycles. The van der Waals surface area contributed by atoms with Crippen LogP contribution in [0.5, 0.6) is 0 Å². The van der Waals surface area contributed by atoms with Crippen molar-refractivity contribution >= 4 is 33.1 Å². The minimum atomic E-state index is -0.494. The van der Waals surface area contributed by atoms with Gasteiger partial charge in [-0.15, -0.1) is 0 Å². The highest BCUT2D eigenvalue weighted by atomic mass is 32.1. The normalized spacial score (nSPS) is 11.8. The quantitative estimate of drug-likeness (QED) is 0.535. The third-order valence-electron chi connectivity index (χ3n) is 3.56. The van der Waals surface area contributed by atoms with E-state index in [1.54, 1.807) is 19.1 Å². The van der Waals surface area contributed by atoms with E-state index in [1.807, 2.05) is 35.9 Å². The van der Waals surface area contributed by atoms with Gasteiger partial charge in [-0.25, -0.2) is 0 Å². The molecule has 0 fully saturated rings. The lowest BCUT2D eigenvalue weighted by molar-refractivity contribution is -0.385. The van der Waals surface area contributed by atoms with E-state index >= 15 is 0 Å². The Bertz CT molecular complexity index is 1000. The minimum absolute atomic E-state index is 0.0771. The summed E-state index contributed by atoms with van der Waals surface area (Å²) in [5, 5.41) is 11.0. The zero-order valence-electron chi connectivity index (χ0n) is 12.5. The van der Waals surface area contributed by atoms with Crippen LogP contribution in [-0.2, 0) is 7.05 Å². The van der Waals surface area contributed by atoms with Gasteiger partial charge in [0.05, 0.1) is 15.1 Å². The maximum absolute atomic E-state index is 12.3. The van der Waals surface area contributed by atoms with Crippen LogP contribution >= 0.6 is 11.3 Å². The average Bonchev–Trinajstić information content (AvgIpc) is 2.84. The number of para-hydroxylation sites is 1. The molecule has 1 aromatic heterocycles. The molecule has 1 amide bonds. The summed E-state index contributed by atoms with van der Waals surface area (Å²) in [5.41, 5.74) is 1.63. The van der Waals surface area contributed by atoms with Crippen LogP contribution in [0, 0.1) is 17.0 Å². The summed E-state index contributed by atoms with van der Waals surface area (Å²) in [4.78, 5) is 27.5. The lowest BCUT2D eigenvalue weighted by Crippen LogP contribution is -2.13. The fourth-order valence-electron chi connectivity index (χ4n) is 2.28. The zero-order chi connectivity index (χ0) is 16.6. The van der Waals surface area contributed by atoms with Gasteiger partial charge in [0, 0.05) is 24.2 Å². The summed E-state index contributed by atoms with van der Waals surface area (Å²) in [6.45, 7) is 1.63. The number of carbonyl (C=O) groups excluding carboxylic acids is 1. The standard InChI is InChI=1S/C16H13N3O3S/c1-10-7-8-11(9-13(10)19(21)22)15(20)17-16-18(2)12-5-3-4-6-14(12)23-16/h3-9H,1-2H3. The molecule has 2 aromatic carbocycles. The van der Waals surface area contributed by atoms with E-state index in [-0.39, 0.29) is 11.3 Å². The maximum atomic E-state index is 12.3. The van der Waals surface area contributed by atoms with E-state index in [1.165, 1.54) is 17.4 Å². The highest BCUT2D eigenvalue weighted by Gasteiger charge is 2.15. The largest absolute Gasteiger partial charge is 0.319 e. The van der Waals surface area contributed by atoms with Gasteiger partial charge in [-0.1, -0.05) is 29.5 Å². The summed E-state index contributed by atoms with van der Waals surface area (Å²) >= 11 is 1.40. The maximum Gasteiger partial charge on any atom is 0.279 e. The van der Waals surface area contributed by atoms with Crippen molar-refractivity contribution < 1.29 is 9.72 Å². The number of aryl methyl sites for hydroxylation is 2. The van der Waals surface area contributed by atoms with Crippen molar-refractivity contribution in [2.24, 2.45) is 12.0 Å². The summed E-state index contributed by atoms with van der Waals surface area (Å²) in [6, 6.07) is 12.1. The van der Waals surface area contributed by atoms with Crippen LogP contribution < -0.4 is 4.80 Å². The molecule has 0 saturated carbocycles. The number of nitro benzene ring substituents is 1.